The summed E-state index contributed by atoms with van der Waals surface area (Å²) in [5, 5.41) is 9.88. The molecule has 0 aliphatic rings. The van der Waals surface area contributed by atoms with Crippen LogP contribution in [0.5, 0.6) is 0 Å². The van der Waals surface area contributed by atoms with Crippen molar-refractivity contribution in [2.75, 3.05) is 0 Å². The van der Waals surface area contributed by atoms with Gasteiger partial charge in [-0.2, -0.15) is 0 Å². The summed E-state index contributed by atoms with van der Waals surface area (Å²) in [6, 6.07) is 5.60. The van der Waals surface area contributed by atoms with Crippen LogP contribution in [0.1, 0.15) is 19.4 Å². The quantitative estimate of drug-likeness (QED) is 0.727. The molecule has 1 rings (SSSR count). The van der Waals surface area contributed by atoms with Gasteiger partial charge in [-0.05, 0) is 19.9 Å². The first-order valence-electron chi connectivity index (χ1n) is 4.19. The zero-order chi connectivity index (χ0) is 10.1. The summed E-state index contributed by atoms with van der Waals surface area (Å²) >= 11 is 0. The molecule has 0 radical (unpaired) electrons. The first-order valence-corrected chi connectivity index (χ1v) is 4.19. The second kappa shape index (κ2) is 3.44. The van der Waals surface area contributed by atoms with E-state index in [1.54, 1.807) is 25.1 Å². The molecule has 0 aliphatic carbocycles. The van der Waals surface area contributed by atoms with Crippen molar-refractivity contribution >= 4 is 0 Å². The summed E-state index contributed by atoms with van der Waals surface area (Å²) in [6.45, 7) is 3.16. The van der Waals surface area contributed by atoms with E-state index in [0.29, 0.717) is 0 Å². The smallest absolute Gasteiger partial charge is 0.129 e. The highest BCUT2D eigenvalue weighted by molar-refractivity contribution is 5.24. The van der Waals surface area contributed by atoms with Crippen molar-refractivity contribution in [2.45, 2.75) is 25.5 Å². The molecule has 3 heteroatoms. The molecule has 13 heavy (non-hydrogen) atoms. The molecule has 72 valence electrons. The summed E-state index contributed by atoms with van der Waals surface area (Å²) < 4.78 is 13.2. The molecule has 0 amide bonds. The Labute approximate surface area is 77.2 Å². The Kier molecular flexibility index (Phi) is 2.68. The molecule has 0 saturated heterocycles. The molecule has 2 atom stereocenters. The molecule has 3 N–H and O–H groups in total. The lowest BCUT2D eigenvalue weighted by molar-refractivity contribution is 0.0314. The summed E-state index contributed by atoms with van der Waals surface area (Å²) in [5.74, 6) is -0.426. The van der Waals surface area contributed by atoms with Crippen LogP contribution in [-0.4, -0.2) is 11.1 Å². The number of hydrogen-bond donors (Lipinski definition) is 2. The first-order chi connectivity index (χ1) is 5.96. The molecule has 2 nitrogen and oxygen atoms in total. The van der Waals surface area contributed by atoms with Gasteiger partial charge in [0.1, 0.15) is 11.4 Å². The normalized spacial score (nSPS) is 17.9. The van der Waals surface area contributed by atoms with E-state index in [-0.39, 0.29) is 5.56 Å². The van der Waals surface area contributed by atoms with Crippen molar-refractivity contribution in [1.29, 1.82) is 0 Å². The van der Waals surface area contributed by atoms with Crippen LogP contribution in [-0.2, 0) is 5.60 Å². The highest BCUT2D eigenvalue weighted by Crippen LogP contribution is 2.25. The van der Waals surface area contributed by atoms with Gasteiger partial charge in [-0.3, -0.25) is 0 Å². The molecule has 0 fully saturated rings. The van der Waals surface area contributed by atoms with Crippen molar-refractivity contribution < 1.29 is 9.50 Å². The summed E-state index contributed by atoms with van der Waals surface area (Å²) in [6.07, 6.45) is 0. The zero-order valence-electron chi connectivity index (χ0n) is 7.79. The molecule has 0 spiro atoms. The van der Waals surface area contributed by atoms with Gasteiger partial charge in [0.2, 0.25) is 0 Å². The van der Waals surface area contributed by atoms with Crippen LogP contribution in [0.4, 0.5) is 4.39 Å². The van der Waals surface area contributed by atoms with E-state index in [1.807, 2.05) is 0 Å². The lowest BCUT2D eigenvalue weighted by Gasteiger charge is -2.28. The molecule has 0 saturated carbocycles. The van der Waals surface area contributed by atoms with Crippen LogP contribution in [0.25, 0.3) is 0 Å². The van der Waals surface area contributed by atoms with Gasteiger partial charge in [0.25, 0.3) is 0 Å². The molecule has 0 bridgehead atoms. The summed E-state index contributed by atoms with van der Waals surface area (Å²) in [7, 11) is 0. The molecule has 0 aliphatic heterocycles. The van der Waals surface area contributed by atoms with Crippen molar-refractivity contribution in [2.24, 2.45) is 5.73 Å². The maximum Gasteiger partial charge on any atom is 0.129 e. The van der Waals surface area contributed by atoms with Gasteiger partial charge in [0.15, 0.2) is 0 Å². The standard InChI is InChI=1S/C10H14FNO/c1-7(12)10(2,13)8-5-3-4-6-9(8)11/h3-7,13H,12H2,1-2H3. The molecule has 0 aromatic heterocycles. The van der Waals surface area contributed by atoms with E-state index >= 15 is 0 Å². The third-order valence-corrected chi connectivity index (χ3v) is 2.31. The monoisotopic (exact) mass is 183 g/mol. The lowest BCUT2D eigenvalue weighted by atomic mass is 9.89. The number of hydrogen-bond acceptors (Lipinski definition) is 2. The molecular weight excluding hydrogens is 169 g/mol. The Bertz CT molecular complexity index is 297. The summed E-state index contributed by atoms with van der Waals surface area (Å²) in [4.78, 5) is 0. The Morgan fingerprint density at radius 2 is 2.00 bits per heavy atom. The topological polar surface area (TPSA) is 46.2 Å². The van der Waals surface area contributed by atoms with E-state index in [9.17, 15) is 9.50 Å². The molecule has 1 aromatic rings. The van der Waals surface area contributed by atoms with Crippen LogP contribution in [0, 0.1) is 5.82 Å². The van der Waals surface area contributed by atoms with Gasteiger partial charge >= 0.3 is 0 Å². The molecule has 0 heterocycles. The van der Waals surface area contributed by atoms with Crippen LogP contribution in [0.3, 0.4) is 0 Å². The largest absolute Gasteiger partial charge is 0.384 e. The fourth-order valence-corrected chi connectivity index (χ4v) is 1.12. The maximum absolute atomic E-state index is 13.2. The Hall–Kier alpha value is -0.930. The first kappa shape index (κ1) is 10.2. The van der Waals surface area contributed by atoms with Gasteiger partial charge in [-0.15, -0.1) is 0 Å². The predicted molar refractivity (Wildman–Crippen MR) is 49.6 cm³/mol. The van der Waals surface area contributed by atoms with E-state index in [1.165, 1.54) is 13.0 Å². The second-order valence-electron chi connectivity index (χ2n) is 3.42. The van der Waals surface area contributed by atoms with Crippen molar-refractivity contribution in [3.05, 3.63) is 35.6 Å². The Balaban J connectivity index is 3.14. The number of benzene rings is 1. The Morgan fingerprint density at radius 3 is 2.46 bits per heavy atom. The van der Waals surface area contributed by atoms with Crippen molar-refractivity contribution in [3.63, 3.8) is 0 Å². The zero-order valence-corrected chi connectivity index (χ0v) is 7.79. The van der Waals surface area contributed by atoms with E-state index < -0.39 is 17.5 Å². The molecule has 2 unspecified atom stereocenters. The van der Waals surface area contributed by atoms with Crippen molar-refractivity contribution in [3.8, 4) is 0 Å². The third-order valence-electron chi connectivity index (χ3n) is 2.31. The van der Waals surface area contributed by atoms with E-state index in [2.05, 4.69) is 0 Å². The van der Waals surface area contributed by atoms with Gasteiger partial charge in [-0.1, -0.05) is 18.2 Å². The van der Waals surface area contributed by atoms with Crippen LogP contribution >= 0.6 is 0 Å². The van der Waals surface area contributed by atoms with Crippen LogP contribution in [0.15, 0.2) is 24.3 Å². The minimum atomic E-state index is -1.31. The molecular formula is C10H14FNO. The number of aliphatic hydroxyl groups is 1. The van der Waals surface area contributed by atoms with Gasteiger partial charge in [0, 0.05) is 11.6 Å². The third kappa shape index (κ3) is 1.87. The number of halogens is 1. The van der Waals surface area contributed by atoms with Gasteiger partial charge in [-0.25, -0.2) is 4.39 Å². The fraction of sp³-hybridized carbons (Fsp3) is 0.400. The SMILES string of the molecule is CC(N)C(C)(O)c1ccccc1F. The fourth-order valence-electron chi connectivity index (χ4n) is 1.12. The predicted octanol–water partition coefficient (Wildman–Crippen LogP) is 1.38. The number of nitrogens with two attached hydrogens (primary N) is 1. The summed E-state index contributed by atoms with van der Waals surface area (Å²) in [5.41, 5.74) is 4.48. The minimum Gasteiger partial charge on any atom is -0.384 e. The van der Waals surface area contributed by atoms with Gasteiger partial charge in [0.05, 0.1) is 0 Å². The average molecular weight is 183 g/mol. The van der Waals surface area contributed by atoms with Crippen LogP contribution in [0.2, 0.25) is 0 Å². The minimum absolute atomic E-state index is 0.241. The lowest BCUT2D eigenvalue weighted by Crippen LogP contribution is -2.41. The highest BCUT2D eigenvalue weighted by Gasteiger charge is 2.30. The van der Waals surface area contributed by atoms with E-state index in [4.69, 9.17) is 5.73 Å². The second-order valence-corrected chi connectivity index (χ2v) is 3.42. The van der Waals surface area contributed by atoms with E-state index in [0.717, 1.165) is 0 Å². The van der Waals surface area contributed by atoms with Crippen molar-refractivity contribution in [1.82, 2.24) is 0 Å². The Morgan fingerprint density at radius 1 is 1.46 bits per heavy atom. The number of rotatable bonds is 2. The van der Waals surface area contributed by atoms with Gasteiger partial charge < -0.3 is 10.8 Å². The average Bonchev–Trinajstić information content (AvgIpc) is 2.04. The maximum atomic E-state index is 13.2. The highest BCUT2D eigenvalue weighted by atomic mass is 19.1. The van der Waals surface area contributed by atoms with Crippen LogP contribution < -0.4 is 5.73 Å². The molecule has 1 aromatic carbocycles.